The molecule has 104 valence electrons. The first-order valence-corrected chi connectivity index (χ1v) is 7.41. The molecule has 1 aromatic rings. The second kappa shape index (κ2) is 5.74. The third kappa shape index (κ3) is 2.97. The van der Waals surface area contributed by atoms with Crippen LogP contribution in [-0.4, -0.2) is 34.5 Å². The molecule has 3 heterocycles. The van der Waals surface area contributed by atoms with Crippen molar-refractivity contribution in [1.29, 1.82) is 0 Å². The van der Waals surface area contributed by atoms with Gasteiger partial charge in [-0.15, -0.1) is 0 Å². The van der Waals surface area contributed by atoms with Crippen molar-refractivity contribution in [2.24, 2.45) is 0 Å². The lowest BCUT2D eigenvalue weighted by atomic mass is 10.1. The molecule has 2 aliphatic heterocycles. The van der Waals surface area contributed by atoms with Crippen LogP contribution >= 0.6 is 0 Å². The summed E-state index contributed by atoms with van der Waals surface area (Å²) >= 11 is 0. The Hall–Kier alpha value is -1.36. The average molecular weight is 262 g/mol. The van der Waals surface area contributed by atoms with Crippen molar-refractivity contribution in [3.05, 3.63) is 21.7 Å². The van der Waals surface area contributed by atoms with Gasteiger partial charge < -0.3 is 10.3 Å². The first kappa shape index (κ1) is 12.7. The molecule has 0 bridgehead atoms. The highest BCUT2D eigenvalue weighted by atomic mass is 16.1. The third-order valence-corrected chi connectivity index (χ3v) is 4.10. The molecule has 0 saturated carbocycles. The number of aromatic amines is 1. The van der Waals surface area contributed by atoms with Crippen LogP contribution < -0.4 is 11.0 Å². The molecule has 1 saturated heterocycles. The van der Waals surface area contributed by atoms with Crippen molar-refractivity contribution in [1.82, 2.24) is 14.9 Å². The molecule has 0 aliphatic carbocycles. The van der Waals surface area contributed by atoms with Gasteiger partial charge >= 0.3 is 5.69 Å². The molecule has 0 spiro atoms. The lowest BCUT2D eigenvalue weighted by Gasteiger charge is -2.27. The van der Waals surface area contributed by atoms with Crippen molar-refractivity contribution in [3.63, 3.8) is 0 Å². The maximum atomic E-state index is 11.7. The number of likely N-dealkylation sites (tertiary alicyclic amines) is 1. The largest absolute Gasteiger partial charge is 0.370 e. The highest BCUT2D eigenvalue weighted by Crippen LogP contribution is 2.22. The van der Waals surface area contributed by atoms with Gasteiger partial charge in [-0.2, -0.15) is 4.98 Å². The van der Waals surface area contributed by atoms with Gasteiger partial charge in [-0.1, -0.05) is 6.42 Å². The van der Waals surface area contributed by atoms with E-state index in [1.54, 1.807) is 0 Å². The second-order valence-corrected chi connectivity index (χ2v) is 5.57. The normalized spacial score (nSPS) is 20.4. The summed E-state index contributed by atoms with van der Waals surface area (Å²) in [5, 5.41) is 3.29. The van der Waals surface area contributed by atoms with E-state index in [1.807, 2.05) is 0 Å². The zero-order chi connectivity index (χ0) is 13.1. The zero-order valence-electron chi connectivity index (χ0n) is 11.4. The van der Waals surface area contributed by atoms with Crippen LogP contribution in [0.4, 0.5) is 5.82 Å². The van der Waals surface area contributed by atoms with Gasteiger partial charge in [0.15, 0.2) is 0 Å². The maximum Gasteiger partial charge on any atom is 0.347 e. The maximum absolute atomic E-state index is 11.7. The number of nitrogens with zero attached hydrogens (tertiary/aromatic N) is 2. The van der Waals surface area contributed by atoms with Crippen LogP contribution in [0.15, 0.2) is 4.79 Å². The molecule has 1 aromatic heterocycles. The predicted octanol–water partition coefficient (Wildman–Crippen LogP) is 1.50. The minimum atomic E-state index is -0.222. The Morgan fingerprint density at radius 2 is 1.95 bits per heavy atom. The van der Waals surface area contributed by atoms with E-state index in [-0.39, 0.29) is 5.69 Å². The molecule has 0 unspecified atom stereocenters. The van der Waals surface area contributed by atoms with Crippen LogP contribution in [0.25, 0.3) is 0 Å². The molecule has 5 nitrogen and oxygen atoms in total. The summed E-state index contributed by atoms with van der Waals surface area (Å²) in [7, 11) is 0. The number of rotatable bonds is 2. The first-order chi connectivity index (χ1) is 9.33. The fourth-order valence-electron chi connectivity index (χ4n) is 3.07. The number of fused-ring (bicyclic) bond motifs is 1. The van der Waals surface area contributed by atoms with Crippen molar-refractivity contribution in [2.45, 2.75) is 45.1 Å². The summed E-state index contributed by atoms with van der Waals surface area (Å²) in [5.74, 6) is 0.813. The van der Waals surface area contributed by atoms with Crippen LogP contribution in [0.1, 0.15) is 43.4 Å². The van der Waals surface area contributed by atoms with Gasteiger partial charge in [0.05, 0.1) is 0 Å². The van der Waals surface area contributed by atoms with E-state index in [0.717, 1.165) is 50.5 Å². The van der Waals surface area contributed by atoms with E-state index in [4.69, 9.17) is 0 Å². The molecule has 0 aromatic carbocycles. The quantitative estimate of drug-likeness (QED) is 0.848. The molecule has 1 fully saturated rings. The Morgan fingerprint density at radius 1 is 1.11 bits per heavy atom. The third-order valence-electron chi connectivity index (χ3n) is 4.10. The first-order valence-electron chi connectivity index (χ1n) is 7.41. The average Bonchev–Trinajstić information content (AvgIpc) is 2.65. The minimum absolute atomic E-state index is 0.222. The van der Waals surface area contributed by atoms with Crippen LogP contribution in [0, 0.1) is 0 Å². The molecular formula is C14H22N4O. The van der Waals surface area contributed by atoms with Gasteiger partial charge in [-0.25, -0.2) is 4.79 Å². The Bertz CT molecular complexity index is 491. The van der Waals surface area contributed by atoms with Crippen LogP contribution in [-0.2, 0) is 13.0 Å². The van der Waals surface area contributed by atoms with Gasteiger partial charge in [0, 0.05) is 24.3 Å². The van der Waals surface area contributed by atoms with E-state index < -0.39 is 0 Å². The van der Waals surface area contributed by atoms with Crippen molar-refractivity contribution in [3.8, 4) is 0 Å². The molecule has 0 radical (unpaired) electrons. The summed E-state index contributed by atoms with van der Waals surface area (Å²) in [4.78, 5) is 21.2. The lowest BCUT2D eigenvalue weighted by Crippen LogP contribution is -2.31. The topological polar surface area (TPSA) is 61.0 Å². The monoisotopic (exact) mass is 262 g/mol. The fourth-order valence-corrected chi connectivity index (χ4v) is 3.07. The number of anilines is 1. The molecule has 0 amide bonds. The smallest absolute Gasteiger partial charge is 0.347 e. The standard InChI is InChI=1S/C14H22N4O/c19-14-16-12(10-18-8-4-1-5-9-18)11-6-2-3-7-15-13(11)17-14/h1-10H2,(H2,15,16,17,19). The van der Waals surface area contributed by atoms with E-state index in [0.29, 0.717) is 0 Å². The van der Waals surface area contributed by atoms with Gasteiger partial charge in [0.1, 0.15) is 5.82 Å². The molecule has 5 heteroatoms. The van der Waals surface area contributed by atoms with Crippen molar-refractivity contribution >= 4 is 5.82 Å². The van der Waals surface area contributed by atoms with Gasteiger partial charge in [-0.05, 0) is 45.2 Å². The lowest BCUT2D eigenvalue weighted by molar-refractivity contribution is 0.217. The fraction of sp³-hybridized carbons (Fsp3) is 0.714. The SMILES string of the molecule is O=c1nc2c(c(CN3CCCCC3)[nH]1)CCCCN2. The Balaban J connectivity index is 1.86. The number of hydrogen-bond acceptors (Lipinski definition) is 4. The summed E-state index contributed by atoms with van der Waals surface area (Å²) in [5.41, 5.74) is 2.08. The zero-order valence-corrected chi connectivity index (χ0v) is 11.4. The molecule has 2 N–H and O–H groups in total. The van der Waals surface area contributed by atoms with Gasteiger partial charge in [0.2, 0.25) is 0 Å². The predicted molar refractivity (Wildman–Crippen MR) is 75.4 cm³/mol. The number of piperidine rings is 1. The molecule has 0 atom stereocenters. The van der Waals surface area contributed by atoms with E-state index in [1.165, 1.54) is 31.2 Å². The molecule has 3 rings (SSSR count). The highest BCUT2D eigenvalue weighted by molar-refractivity contribution is 5.46. The van der Waals surface area contributed by atoms with E-state index >= 15 is 0 Å². The summed E-state index contributed by atoms with van der Waals surface area (Å²) in [6.45, 7) is 4.08. The Morgan fingerprint density at radius 3 is 2.79 bits per heavy atom. The highest BCUT2D eigenvalue weighted by Gasteiger charge is 2.18. The molecule has 19 heavy (non-hydrogen) atoms. The van der Waals surface area contributed by atoms with Crippen LogP contribution in [0.3, 0.4) is 0 Å². The molecule has 2 aliphatic rings. The van der Waals surface area contributed by atoms with E-state index in [9.17, 15) is 4.79 Å². The van der Waals surface area contributed by atoms with Gasteiger partial charge in [-0.3, -0.25) is 4.90 Å². The molecular weight excluding hydrogens is 240 g/mol. The van der Waals surface area contributed by atoms with Crippen molar-refractivity contribution in [2.75, 3.05) is 25.0 Å². The van der Waals surface area contributed by atoms with Crippen molar-refractivity contribution < 1.29 is 0 Å². The Kier molecular flexibility index (Phi) is 3.82. The number of hydrogen-bond donors (Lipinski definition) is 2. The summed E-state index contributed by atoms with van der Waals surface area (Å²) < 4.78 is 0. The number of nitrogens with one attached hydrogen (secondary N) is 2. The van der Waals surface area contributed by atoms with E-state index in [2.05, 4.69) is 20.2 Å². The summed E-state index contributed by atoms with van der Waals surface area (Å²) in [6.07, 6.45) is 7.22. The van der Waals surface area contributed by atoms with Crippen LogP contribution in [0.2, 0.25) is 0 Å². The van der Waals surface area contributed by atoms with Crippen LogP contribution in [0.5, 0.6) is 0 Å². The minimum Gasteiger partial charge on any atom is -0.370 e. The summed E-state index contributed by atoms with van der Waals surface area (Å²) in [6, 6.07) is 0. The number of H-pyrrole nitrogens is 1. The van der Waals surface area contributed by atoms with Gasteiger partial charge in [0.25, 0.3) is 0 Å². The Labute approximate surface area is 113 Å². The number of aromatic nitrogens is 2. The second-order valence-electron chi connectivity index (χ2n) is 5.57.